The number of piperidine rings is 1. The highest BCUT2D eigenvalue weighted by atomic mass is 32.1. The van der Waals surface area contributed by atoms with Gasteiger partial charge < -0.3 is 30.9 Å². The molecule has 0 saturated carbocycles. The summed E-state index contributed by atoms with van der Waals surface area (Å²) in [4.78, 5) is 53.6. The SMILES string of the molecule is COc1ccc(N2CC3(CC4(C2)C(=O)NC(=S)NC4=O)C(=O)NC(=S)NC3=O)cc1. The molecular formula is C18H17N5O5S2. The fourth-order valence-corrected chi connectivity index (χ4v) is 4.45. The summed E-state index contributed by atoms with van der Waals surface area (Å²) in [6.45, 7) is -0.0985. The van der Waals surface area contributed by atoms with E-state index in [0.717, 1.165) is 0 Å². The van der Waals surface area contributed by atoms with E-state index in [4.69, 9.17) is 29.2 Å². The van der Waals surface area contributed by atoms with Crippen LogP contribution < -0.4 is 30.9 Å². The Morgan fingerprint density at radius 1 is 0.800 bits per heavy atom. The van der Waals surface area contributed by atoms with E-state index in [2.05, 4.69) is 21.3 Å². The van der Waals surface area contributed by atoms with Gasteiger partial charge in [0.05, 0.1) is 7.11 Å². The molecule has 3 saturated heterocycles. The smallest absolute Gasteiger partial charge is 0.243 e. The van der Waals surface area contributed by atoms with Crippen molar-refractivity contribution in [1.29, 1.82) is 0 Å². The van der Waals surface area contributed by atoms with Gasteiger partial charge in [-0.3, -0.25) is 19.2 Å². The number of rotatable bonds is 2. The van der Waals surface area contributed by atoms with Crippen molar-refractivity contribution in [3.63, 3.8) is 0 Å². The van der Waals surface area contributed by atoms with Gasteiger partial charge in [-0.25, -0.2) is 0 Å². The second-order valence-electron chi connectivity index (χ2n) is 7.37. The number of methoxy groups -OCH3 is 1. The van der Waals surface area contributed by atoms with Crippen molar-refractivity contribution < 1.29 is 23.9 Å². The molecule has 156 valence electrons. The molecular weight excluding hydrogens is 430 g/mol. The van der Waals surface area contributed by atoms with Crippen LogP contribution in [0, 0.1) is 10.8 Å². The highest BCUT2D eigenvalue weighted by Gasteiger charge is 2.64. The van der Waals surface area contributed by atoms with Gasteiger partial charge in [0.1, 0.15) is 16.6 Å². The number of nitrogens with zero attached hydrogens (tertiary/aromatic N) is 1. The van der Waals surface area contributed by atoms with Crippen molar-refractivity contribution >= 4 is 64.0 Å². The van der Waals surface area contributed by atoms with Crippen LogP contribution in [0.3, 0.4) is 0 Å². The van der Waals surface area contributed by atoms with Crippen molar-refractivity contribution in [3.05, 3.63) is 24.3 Å². The van der Waals surface area contributed by atoms with Crippen LogP contribution in [-0.4, -0.2) is 54.1 Å². The molecule has 3 fully saturated rings. The van der Waals surface area contributed by atoms with E-state index in [-0.39, 0.29) is 29.7 Å². The highest BCUT2D eigenvalue weighted by Crippen LogP contribution is 2.45. The third-order valence-electron chi connectivity index (χ3n) is 5.61. The lowest BCUT2D eigenvalue weighted by atomic mass is 9.64. The van der Waals surface area contributed by atoms with Crippen molar-refractivity contribution in [2.45, 2.75) is 6.42 Å². The first-order valence-corrected chi connectivity index (χ1v) is 9.75. The molecule has 1 aromatic carbocycles. The summed E-state index contributed by atoms with van der Waals surface area (Å²) in [6.07, 6.45) is -0.326. The normalized spacial score (nSPS) is 22.4. The number of anilines is 1. The predicted molar refractivity (Wildman–Crippen MR) is 112 cm³/mol. The molecule has 1 aromatic rings. The van der Waals surface area contributed by atoms with Gasteiger partial charge in [-0.05, 0) is 55.1 Å². The van der Waals surface area contributed by atoms with Crippen LogP contribution >= 0.6 is 24.4 Å². The Morgan fingerprint density at radius 3 is 1.57 bits per heavy atom. The second kappa shape index (κ2) is 6.99. The fraction of sp³-hybridized carbons (Fsp3) is 0.333. The standard InChI is InChI=1S/C18H17N5O5S2/c1-28-10-4-2-9(3-5-10)23-7-17(11(24)19-15(29)20-12(17)25)6-18(8-23)13(26)21-16(30)22-14(18)27/h2-5H,6-8H2,1H3,(H2,19,20,24,25,29)(H2,21,22,26,27,30). The van der Waals surface area contributed by atoms with Crippen LogP contribution in [0.15, 0.2) is 24.3 Å². The zero-order chi connectivity index (χ0) is 21.7. The monoisotopic (exact) mass is 447 g/mol. The molecule has 3 aliphatic rings. The van der Waals surface area contributed by atoms with Gasteiger partial charge in [0.2, 0.25) is 23.6 Å². The number of nitrogens with one attached hydrogen (secondary N) is 4. The summed E-state index contributed by atoms with van der Waals surface area (Å²) >= 11 is 9.81. The van der Waals surface area contributed by atoms with E-state index in [1.807, 2.05) is 0 Å². The van der Waals surface area contributed by atoms with Crippen molar-refractivity contribution in [2.24, 2.45) is 10.8 Å². The molecule has 0 atom stereocenters. The van der Waals surface area contributed by atoms with Crippen LogP contribution in [0.1, 0.15) is 6.42 Å². The first-order valence-electron chi connectivity index (χ1n) is 8.93. The Hall–Kier alpha value is -3.12. The zero-order valence-electron chi connectivity index (χ0n) is 15.7. The molecule has 0 unspecified atom stereocenters. The average molecular weight is 447 g/mol. The number of hydrogen-bond acceptors (Lipinski definition) is 8. The molecule has 0 aliphatic carbocycles. The molecule has 12 heteroatoms. The Morgan fingerprint density at radius 2 is 1.20 bits per heavy atom. The summed E-state index contributed by atoms with van der Waals surface area (Å²) in [6, 6.07) is 6.85. The topological polar surface area (TPSA) is 129 Å². The molecule has 30 heavy (non-hydrogen) atoms. The number of thiocarbonyl (C=S) groups is 2. The molecule has 3 aliphatic heterocycles. The van der Waals surface area contributed by atoms with Crippen LogP contribution in [0.2, 0.25) is 0 Å². The number of carbonyl (C=O) groups excluding carboxylic acids is 4. The molecule has 0 radical (unpaired) electrons. The van der Waals surface area contributed by atoms with Crippen LogP contribution in [0.25, 0.3) is 0 Å². The molecule has 3 heterocycles. The number of amides is 4. The zero-order valence-corrected chi connectivity index (χ0v) is 17.4. The van der Waals surface area contributed by atoms with Crippen LogP contribution in [0.4, 0.5) is 5.69 Å². The van der Waals surface area contributed by atoms with Gasteiger partial charge in [-0.1, -0.05) is 0 Å². The number of benzene rings is 1. The second-order valence-corrected chi connectivity index (χ2v) is 8.19. The minimum Gasteiger partial charge on any atom is -0.497 e. The largest absolute Gasteiger partial charge is 0.497 e. The third-order valence-corrected chi connectivity index (χ3v) is 6.02. The maximum absolute atomic E-state index is 13.0. The third kappa shape index (κ3) is 2.99. The van der Waals surface area contributed by atoms with Gasteiger partial charge in [-0.15, -0.1) is 0 Å². The van der Waals surface area contributed by atoms with Crippen molar-refractivity contribution in [2.75, 3.05) is 25.1 Å². The molecule has 4 N–H and O–H groups in total. The van der Waals surface area contributed by atoms with Crippen molar-refractivity contribution in [3.8, 4) is 5.75 Å². The summed E-state index contributed by atoms with van der Waals surface area (Å²) in [5.74, 6) is -2.05. The lowest BCUT2D eigenvalue weighted by Gasteiger charge is -2.51. The highest BCUT2D eigenvalue weighted by molar-refractivity contribution is 7.80. The minimum atomic E-state index is -1.71. The van der Waals surface area contributed by atoms with Gasteiger partial charge in [-0.2, -0.15) is 0 Å². The number of hydrogen-bond donors (Lipinski definition) is 4. The van der Waals surface area contributed by atoms with Gasteiger partial charge in [0, 0.05) is 18.8 Å². The fourth-order valence-electron chi connectivity index (χ4n) is 4.08. The molecule has 4 rings (SSSR count). The van der Waals surface area contributed by atoms with E-state index in [0.29, 0.717) is 11.4 Å². The molecule has 0 aromatic heterocycles. The Labute approximate surface area is 181 Å². The van der Waals surface area contributed by atoms with E-state index in [1.165, 1.54) is 7.11 Å². The first kappa shape index (κ1) is 20.2. The molecule has 2 spiro atoms. The predicted octanol–water partition coefficient (Wildman–Crippen LogP) is -1.06. The molecule has 0 bridgehead atoms. The van der Waals surface area contributed by atoms with Gasteiger partial charge >= 0.3 is 0 Å². The Bertz CT molecular complexity index is 913. The maximum Gasteiger partial charge on any atom is 0.243 e. The van der Waals surface area contributed by atoms with E-state index in [9.17, 15) is 19.2 Å². The summed E-state index contributed by atoms with van der Waals surface area (Å²) < 4.78 is 5.16. The summed E-state index contributed by atoms with van der Waals surface area (Å²) in [5.41, 5.74) is -2.82. The van der Waals surface area contributed by atoms with Crippen LogP contribution in [-0.2, 0) is 19.2 Å². The summed E-state index contributed by atoms with van der Waals surface area (Å²) in [5, 5.41) is 9.54. The number of carbonyl (C=O) groups is 4. The first-order chi connectivity index (χ1) is 14.2. The minimum absolute atomic E-state index is 0.0492. The summed E-state index contributed by atoms with van der Waals surface area (Å²) in [7, 11) is 1.53. The number of ether oxygens (including phenoxy) is 1. The van der Waals surface area contributed by atoms with E-state index < -0.39 is 34.5 Å². The van der Waals surface area contributed by atoms with Gasteiger partial charge in [0.15, 0.2) is 10.2 Å². The Kier molecular flexibility index (Phi) is 4.70. The van der Waals surface area contributed by atoms with Gasteiger partial charge in [0.25, 0.3) is 0 Å². The van der Waals surface area contributed by atoms with Crippen molar-refractivity contribution in [1.82, 2.24) is 21.3 Å². The Balaban J connectivity index is 1.82. The lowest BCUT2D eigenvalue weighted by Crippen LogP contribution is -2.75. The molecule has 4 amide bonds. The molecule has 10 nitrogen and oxygen atoms in total. The average Bonchev–Trinajstić information content (AvgIpc) is 2.70. The maximum atomic E-state index is 13.0. The van der Waals surface area contributed by atoms with E-state index >= 15 is 0 Å². The van der Waals surface area contributed by atoms with E-state index in [1.54, 1.807) is 29.2 Å². The quantitative estimate of drug-likeness (QED) is 0.334. The lowest BCUT2D eigenvalue weighted by molar-refractivity contribution is -0.154. The van der Waals surface area contributed by atoms with Crippen LogP contribution in [0.5, 0.6) is 5.75 Å².